The molecule has 2 aromatic carbocycles. The third kappa shape index (κ3) is 14.5. The second kappa shape index (κ2) is 24.9. The van der Waals surface area contributed by atoms with Crippen LogP contribution in [0.3, 0.4) is 0 Å². The number of nitrogens with zero attached hydrogens (tertiary/aromatic N) is 9. The summed E-state index contributed by atoms with van der Waals surface area (Å²) in [6.45, 7) is 12.0. The summed E-state index contributed by atoms with van der Waals surface area (Å²) < 4.78 is 112. The van der Waals surface area contributed by atoms with Gasteiger partial charge in [-0.1, -0.05) is 47.5 Å². The average Bonchev–Trinajstić information content (AvgIpc) is 4.18. The van der Waals surface area contributed by atoms with E-state index >= 15 is 0 Å². The van der Waals surface area contributed by atoms with E-state index in [2.05, 4.69) is 50.3 Å². The lowest BCUT2D eigenvalue weighted by Crippen LogP contribution is -2.48. The van der Waals surface area contributed by atoms with Crippen LogP contribution in [0.5, 0.6) is 11.8 Å². The van der Waals surface area contributed by atoms with Crippen molar-refractivity contribution in [3.8, 4) is 34.3 Å². The Bertz CT molecular complexity index is 3230. The van der Waals surface area contributed by atoms with Crippen molar-refractivity contribution in [3.05, 3.63) is 107 Å². The summed E-state index contributed by atoms with van der Waals surface area (Å²) in [6, 6.07) is 12.9. The first-order chi connectivity index (χ1) is 37.9. The molecular formula is C53H58Cl2F6N12O7S2. The number of hydrogen-bond donors (Lipinski definition) is 3. The van der Waals surface area contributed by atoms with Gasteiger partial charge in [0.05, 0.1) is 88.0 Å². The summed E-state index contributed by atoms with van der Waals surface area (Å²) in [4.78, 5) is 44.7. The summed E-state index contributed by atoms with van der Waals surface area (Å²) in [6.07, 6.45) is -1.82. The molecule has 12 rings (SSSR count). The van der Waals surface area contributed by atoms with Crippen LogP contribution >= 0.6 is 50.2 Å². The number of nitrogens with one attached hydrogen (secondary N) is 2. The maximum atomic E-state index is 13.5. The van der Waals surface area contributed by atoms with Crippen LogP contribution in [0, 0.1) is 0 Å². The van der Waals surface area contributed by atoms with Crippen LogP contribution < -0.4 is 40.5 Å². The maximum absolute atomic E-state index is 13.5. The SMILES string of the molecule is CC1(C)OC[C@H](COc2cnc(N)cn2)O1.CC1(C)OC[C@H](COc2cnc(NC(=O)N3c4nc(-c5cccc(C(F)(F)F)c5)c(Cl)cc4N4CC[C@H]3C4)cn2)O1.FC(F)(F)c1cccc(-c2nc3c(cc2Cl)N2CC[C@@H](C2)N3)c1.S.S. The number of nitrogens with two attached hydrogens (primary N) is 1. The number of nitrogen functional groups attached to an aromatic ring is 1. The Morgan fingerprint density at radius 2 is 1.26 bits per heavy atom. The van der Waals surface area contributed by atoms with Crippen LogP contribution in [0.15, 0.2) is 85.5 Å². The predicted molar refractivity (Wildman–Crippen MR) is 306 cm³/mol. The first kappa shape index (κ1) is 61.7. The molecule has 4 aromatic heterocycles. The summed E-state index contributed by atoms with van der Waals surface area (Å²) in [5.41, 5.74) is 6.51. The highest BCUT2D eigenvalue weighted by Gasteiger charge is 2.42. The predicted octanol–water partition coefficient (Wildman–Crippen LogP) is 10.6. The lowest BCUT2D eigenvalue weighted by atomic mass is 10.1. The minimum Gasteiger partial charge on any atom is -0.474 e. The van der Waals surface area contributed by atoms with Gasteiger partial charge in [-0.25, -0.2) is 34.7 Å². The van der Waals surface area contributed by atoms with E-state index in [9.17, 15) is 31.1 Å². The lowest BCUT2D eigenvalue weighted by Gasteiger charge is -2.36. The summed E-state index contributed by atoms with van der Waals surface area (Å²) in [5.74, 6) is 1.06. The van der Waals surface area contributed by atoms with Crippen molar-refractivity contribution in [2.24, 2.45) is 0 Å². The molecule has 0 radical (unpaired) electrons. The monoisotopic (exact) mass is 1220 g/mol. The van der Waals surface area contributed by atoms with E-state index in [1.165, 1.54) is 47.9 Å². The standard InChI is InChI=1S/C27H26ClF3N6O4.C16H13ClF3N3.C10H15N3O3.2H2S/c1-26(2)40-14-18(41-26)13-39-22-11-32-21(10-33-22)34-25(38)37-17-6-7-36(12-17)20-9-19(28)23(35-24(20)37)15-4-3-5-16(8-15)27(29,30)31;17-12-7-13-15(21-11-4-5-23(13)8-11)22-14(12)9-2-1-3-10(6-9)16(18,19)20;1-10(2)15-6-7(16-10)5-14-9-4-12-8(11)3-13-9;;/h3-5,8-11,17-18H,6-7,12-14H2,1-2H3,(H,32,34,38);1-3,6-7,11H,4-5,8H2,(H,21,22);3-4,7H,5-6H2,1-2H3,(H2,11,12);2*1H2/t17-,18-;11-;7-;;/m000../s1. The Morgan fingerprint density at radius 1 is 0.720 bits per heavy atom. The van der Waals surface area contributed by atoms with Crippen LogP contribution in [0.25, 0.3) is 22.5 Å². The van der Waals surface area contributed by atoms with Gasteiger partial charge < -0.3 is 49.3 Å². The molecule has 29 heteroatoms. The Hall–Kier alpha value is -6.33. The number of pyridine rings is 2. The van der Waals surface area contributed by atoms with Crippen LogP contribution in [-0.2, 0) is 31.3 Å². The van der Waals surface area contributed by atoms with Gasteiger partial charge >= 0.3 is 18.4 Å². The van der Waals surface area contributed by atoms with Crippen molar-refractivity contribution in [2.75, 3.05) is 83.7 Å². The second-order valence-electron chi connectivity index (χ2n) is 20.3. The van der Waals surface area contributed by atoms with Gasteiger partial charge in [0.15, 0.2) is 29.0 Å². The summed E-state index contributed by atoms with van der Waals surface area (Å²) >= 11 is 12.8. The van der Waals surface area contributed by atoms with E-state index in [-0.39, 0.29) is 79.8 Å². The number of amides is 2. The van der Waals surface area contributed by atoms with Gasteiger partial charge in [-0.2, -0.15) is 53.3 Å². The summed E-state index contributed by atoms with van der Waals surface area (Å²) in [7, 11) is 0. The highest BCUT2D eigenvalue weighted by atomic mass is 35.5. The number of carbonyl (C=O) groups excluding carboxylic acids is 1. The molecule has 19 nitrogen and oxygen atoms in total. The molecule has 10 heterocycles. The van der Waals surface area contributed by atoms with Gasteiger partial charge in [-0.15, -0.1) is 0 Å². The van der Waals surface area contributed by atoms with Gasteiger partial charge in [0, 0.05) is 43.3 Å². The Kier molecular flexibility index (Phi) is 18.7. The minimum atomic E-state index is -4.52. The fourth-order valence-corrected chi connectivity index (χ4v) is 10.3. The molecule has 0 spiro atoms. The van der Waals surface area contributed by atoms with Crippen molar-refractivity contribution in [2.45, 2.75) is 88.8 Å². The highest BCUT2D eigenvalue weighted by Crippen LogP contribution is 2.45. The quantitative estimate of drug-likeness (QED) is 0.115. The third-order valence-electron chi connectivity index (χ3n) is 13.5. The van der Waals surface area contributed by atoms with Gasteiger partial charge in [0.1, 0.15) is 31.2 Å². The Morgan fingerprint density at radius 3 is 1.78 bits per heavy atom. The highest BCUT2D eigenvalue weighted by molar-refractivity contribution is 7.59. The number of urea groups is 1. The summed E-state index contributed by atoms with van der Waals surface area (Å²) in [5, 5.41) is 6.63. The number of hydrogen-bond acceptors (Lipinski definition) is 17. The third-order valence-corrected chi connectivity index (χ3v) is 14.1. The van der Waals surface area contributed by atoms with E-state index in [1.54, 1.807) is 18.2 Å². The van der Waals surface area contributed by atoms with Crippen LogP contribution in [0.1, 0.15) is 51.7 Å². The first-order valence-corrected chi connectivity index (χ1v) is 26.1. The molecule has 4 fully saturated rings. The van der Waals surface area contributed by atoms with Crippen molar-refractivity contribution in [1.29, 1.82) is 0 Å². The molecule has 4 atom stereocenters. The zero-order chi connectivity index (χ0) is 56.7. The first-order valence-electron chi connectivity index (χ1n) is 25.4. The van der Waals surface area contributed by atoms with Crippen molar-refractivity contribution in [1.82, 2.24) is 29.9 Å². The minimum absolute atomic E-state index is 0. The molecular weight excluding hydrogens is 1170 g/mol. The van der Waals surface area contributed by atoms with E-state index in [0.717, 1.165) is 49.5 Å². The van der Waals surface area contributed by atoms with E-state index in [4.69, 9.17) is 57.4 Å². The van der Waals surface area contributed by atoms with Crippen molar-refractivity contribution in [3.63, 3.8) is 0 Å². The van der Waals surface area contributed by atoms with E-state index in [0.29, 0.717) is 90.7 Å². The number of halogens is 8. The molecule has 4 saturated heterocycles. The maximum Gasteiger partial charge on any atom is 0.416 e. The second-order valence-corrected chi connectivity index (χ2v) is 21.1. The molecule has 6 aliphatic heterocycles. The molecule has 4 bridgehead atoms. The lowest BCUT2D eigenvalue weighted by molar-refractivity contribution is -0.142. The fourth-order valence-electron chi connectivity index (χ4n) is 9.77. The molecule has 440 valence electrons. The van der Waals surface area contributed by atoms with Crippen LogP contribution in [-0.4, -0.2) is 124 Å². The zero-order valence-electron chi connectivity index (χ0n) is 44.4. The number of rotatable bonds is 9. The van der Waals surface area contributed by atoms with Gasteiger partial charge in [-0.3, -0.25) is 10.2 Å². The molecule has 6 aliphatic rings. The molecule has 4 N–H and O–H groups in total. The molecule has 82 heavy (non-hydrogen) atoms. The number of alkyl halides is 6. The normalized spacial score (nSPS) is 20.6. The number of aromatic nitrogens is 6. The zero-order valence-corrected chi connectivity index (χ0v) is 48.0. The smallest absolute Gasteiger partial charge is 0.416 e. The van der Waals surface area contributed by atoms with Gasteiger partial charge in [0.25, 0.3) is 0 Å². The van der Waals surface area contributed by atoms with Crippen molar-refractivity contribution < 1.29 is 59.6 Å². The van der Waals surface area contributed by atoms with E-state index in [1.807, 2.05) is 27.7 Å². The topological polar surface area (TPSA) is 210 Å². The number of ether oxygens (including phenoxy) is 6. The number of fused-ring (bicyclic) bond motifs is 8. The Balaban J connectivity index is 0.000000180. The van der Waals surface area contributed by atoms with Crippen molar-refractivity contribution >= 4 is 90.9 Å². The number of carbonyl (C=O) groups is 1. The molecule has 0 unspecified atom stereocenters. The number of anilines is 6. The van der Waals surface area contributed by atoms with Crippen LogP contribution in [0.2, 0.25) is 10.0 Å². The number of benzene rings is 2. The van der Waals surface area contributed by atoms with E-state index < -0.39 is 41.1 Å². The largest absolute Gasteiger partial charge is 0.474 e. The molecule has 0 saturated carbocycles. The average molecular weight is 1220 g/mol. The Labute approximate surface area is 491 Å². The molecule has 6 aromatic rings. The van der Waals surface area contributed by atoms with Crippen LogP contribution in [0.4, 0.5) is 65.8 Å². The van der Waals surface area contributed by atoms with Gasteiger partial charge in [-0.05, 0) is 76.9 Å². The van der Waals surface area contributed by atoms with Gasteiger partial charge in [0.2, 0.25) is 11.8 Å². The fraction of sp³-hybridized carbons (Fsp3) is 0.415. The molecule has 2 amide bonds. The molecule has 0 aliphatic carbocycles.